The monoisotopic (exact) mass is 437 g/mol. The Balaban J connectivity index is 0. The summed E-state index contributed by atoms with van der Waals surface area (Å²) >= 11 is 0. The SMILES string of the molecule is CCNC(=NCCOCCS(C)(=O)=O)NC(C)COC.I. The Bertz CT molecular complexity index is 377. The first-order valence-corrected chi connectivity index (χ1v) is 8.74. The number of nitrogens with zero attached hydrogens (tertiary/aromatic N) is 1. The molecule has 0 aliphatic heterocycles. The van der Waals surface area contributed by atoms with Crippen molar-refractivity contribution in [2.75, 3.05) is 52.0 Å². The molecule has 128 valence electrons. The number of hydrogen-bond donors (Lipinski definition) is 2. The number of nitrogens with one attached hydrogen (secondary N) is 2. The van der Waals surface area contributed by atoms with Gasteiger partial charge >= 0.3 is 0 Å². The third kappa shape index (κ3) is 16.1. The summed E-state index contributed by atoms with van der Waals surface area (Å²) in [5.41, 5.74) is 0. The molecular weight excluding hydrogens is 409 g/mol. The minimum Gasteiger partial charge on any atom is -0.383 e. The minimum absolute atomic E-state index is 0. The third-order valence-corrected chi connectivity index (χ3v) is 3.16. The van der Waals surface area contributed by atoms with E-state index in [1.807, 2.05) is 13.8 Å². The zero-order chi connectivity index (χ0) is 15.4. The van der Waals surface area contributed by atoms with Crippen LogP contribution in [0.15, 0.2) is 4.99 Å². The van der Waals surface area contributed by atoms with Crippen LogP contribution >= 0.6 is 24.0 Å². The second kappa shape index (κ2) is 13.5. The topological polar surface area (TPSA) is 89.0 Å². The Morgan fingerprint density at radius 2 is 2.00 bits per heavy atom. The molecule has 0 fully saturated rings. The van der Waals surface area contributed by atoms with Crippen LogP contribution in [0.2, 0.25) is 0 Å². The lowest BCUT2D eigenvalue weighted by Crippen LogP contribution is -2.44. The van der Waals surface area contributed by atoms with E-state index < -0.39 is 9.84 Å². The fourth-order valence-electron chi connectivity index (χ4n) is 1.38. The van der Waals surface area contributed by atoms with Gasteiger partial charge < -0.3 is 20.1 Å². The van der Waals surface area contributed by atoms with E-state index in [0.29, 0.717) is 25.7 Å². The van der Waals surface area contributed by atoms with Crippen molar-refractivity contribution in [3.63, 3.8) is 0 Å². The van der Waals surface area contributed by atoms with Crippen molar-refractivity contribution in [1.82, 2.24) is 10.6 Å². The van der Waals surface area contributed by atoms with Crippen molar-refractivity contribution in [3.05, 3.63) is 0 Å². The van der Waals surface area contributed by atoms with Crippen LogP contribution < -0.4 is 10.6 Å². The van der Waals surface area contributed by atoms with E-state index in [4.69, 9.17) is 9.47 Å². The van der Waals surface area contributed by atoms with Gasteiger partial charge in [-0.05, 0) is 13.8 Å². The normalized spacial score (nSPS) is 13.4. The number of hydrogen-bond acceptors (Lipinski definition) is 5. The summed E-state index contributed by atoms with van der Waals surface area (Å²) < 4.78 is 32.1. The molecule has 0 saturated heterocycles. The quantitative estimate of drug-likeness (QED) is 0.221. The van der Waals surface area contributed by atoms with Gasteiger partial charge in [-0.3, -0.25) is 4.99 Å². The summed E-state index contributed by atoms with van der Waals surface area (Å²) in [5, 5.41) is 6.32. The van der Waals surface area contributed by atoms with E-state index in [9.17, 15) is 8.42 Å². The second-order valence-electron chi connectivity index (χ2n) is 4.50. The number of ether oxygens (including phenoxy) is 2. The van der Waals surface area contributed by atoms with Crippen molar-refractivity contribution in [2.24, 2.45) is 4.99 Å². The maximum Gasteiger partial charge on any atom is 0.191 e. The fraction of sp³-hybridized carbons (Fsp3) is 0.917. The molecule has 0 rings (SSSR count). The van der Waals surface area contributed by atoms with Crippen LogP contribution in [0.25, 0.3) is 0 Å². The fourth-order valence-corrected chi connectivity index (χ4v) is 1.80. The highest BCUT2D eigenvalue weighted by Crippen LogP contribution is 1.86. The predicted octanol–water partition coefficient (Wildman–Crippen LogP) is 0.256. The van der Waals surface area contributed by atoms with Crippen LogP contribution in [0.1, 0.15) is 13.8 Å². The highest BCUT2D eigenvalue weighted by atomic mass is 127. The van der Waals surface area contributed by atoms with Crippen LogP contribution in [0, 0.1) is 0 Å². The average Bonchev–Trinajstić information content (AvgIpc) is 2.32. The molecule has 0 aliphatic rings. The highest BCUT2D eigenvalue weighted by Gasteiger charge is 2.04. The van der Waals surface area contributed by atoms with Gasteiger partial charge in [0.05, 0.1) is 32.1 Å². The van der Waals surface area contributed by atoms with Crippen LogP contribution in [0.4, 0.5) is 0 Å². The molecule has 0 radical (unpaired) electrons. The number of guanidine groups is 1. The molecule has 7 nitrogen and oxygen atoms in total. The lowest BCUT2D eigenvalue weighted by molar-refractivity contribution is 0.157. The van der Waals surface area contributed by atoms with Crippen molar-refractivity contribution in [2.45, 2.75) is 19.9 Å². The maximum absolute atomic E-state index is 10.9. The Labute approximate surface area is 145 Å². The number of halogens is 1. The van der Waals surface area contributed by atoms with Crippen LogP contribution in [0.5, 0.6) is 0 Å². The smallest absolute Gasteiger partial charge is 0.191 e. The molecule has 0 heterocycles. The standard InChI is InChI=1S/C12H27N3O4S.HI/c1-5-13-12(15-11(2)10-18-3)14-6-7-19-8-9-20(4,16)17;/h11H,5-10H2,1-4H3,(H2,13,14,15);1H. The van der Waals surface area contributed by atoms with Gasteiger partial charge in [-0.2, -0.15) is 0 Å². The van der Waals surface area contributed by atoms with Gasteiger partial charge in [-0.25, -0.2) is 8.42 Å². The van der Waals surface area contributed by atoms with E-state index >= 15 is 0 Å². The summed E-state index contributed by atoms with van der Waals surface area (Å²) in [4.78, 5) is 4.33. The minimum atomic E-state index is -2.96. The number of sulfone groups is 1. The molecule has 2 N–H and O–H groups in total. The maximum atomic E-state index is 10.9. The molecule has 21 heavy (non-hydrogen) atoms. The second-order valence-corrected chi connectivity index (χ2v) is 6.76. The van der Waals surface area contributed by atoms with Crippen LogP contribution in [-0.4, -0.2) is 72.4 Å². The molecule has 9 heteroatoms. The Hall–Kier alpha value is -0.130. The summed E-state index contributed by atoms with van der Waals surface area (Å²) in [5.74, 6) is 0.740. The van der Waals surface area contributed by atoms with Gasteiger partial charge in [0, 0.05) is 26.0 Å². The third-order valence-electron chi connectivity index (χ3n) is 2.25. The van der Waals surface area contributed by atoms with Crippen LogP contribution in [0.3, 0.4) is 0 Å². The zero-order valence-electron chi connectivity index (χ0n) is 13.2. The van der Waals surface area contributed by atoms with Crippen molar-refractivity contribution < 1.29 is 17.9 Å². The molecule has 0 saturated carbocycles. The summed E-state index contributed by atoms with van der Waals surface area (Å²) in [6.07, 6.45) is 1.19. The summed E-state index contributed by atoms with van der Waals surface area (Å²) in [6.45, 7) is 6.41. The highest BCUT2D eigenvalue weighted by molar-refractivity contribution is 14.0. The lowest BCUT2D eigenvalue weighted by atomic mass is 10.4. The van der Waals surface area contributed by atoms with Gasteiger partial charge in [0.15, 0.2) is 5.96 Å². The molecule has 1 unspecified atom stereocenters. The molecule has 0 aromatic rings. The first kappa shape index (κ1) is 23.1. The van der Waals surface area contributed by atoms with E-state index in [1.54, 1.807) is 7.11 Å². The van der Waals surface area contributed by atoms with Crippen molar-refractivity contribution in [1.29, 1.82) is 0 Å². The lowest BCUT2D eigenvalue weighted by Gasteiger charge is -2.16. The average molecular weight is 437 g/mol. The summed E-state index contributed by atoms with van der Waals surface area (Å²) in [7, 11) is -1.31. The van der Waals surface area contributed by atoms with E-state index in [-0.39, 0.29) is 42.4 Å². The van der Waals surface area contributed by atoms with Gasteiger partial charge in [0.1, 0.15) is 9.84 Å². The molecule has 1 atom stereocenters. The molecule has 0 amide bonds. The zero-order valence-corrected chi connectivity index (χ0v) is 16.4. The number of methoxy groups -OCH3 is 1. The van der Waals surface area contributed by atoms with Gasteiger partial charge in [-0.1, -0.05) is 0 Å². The molecule has 0 aromatic heterocycles. The number of rotatable bonds is 10. The van der Waals surface area contributed by atoms with E-state index in [2.05, 4.69) is 15.6 Å². The van der Waals surface area contributed by atoms with Crippen molar-refractivity contribution in [3.8, 4) is 0 Å². The van der Waals surface area contributed by atoms with Gasteiger partial charge in [-0.15, -0.1) is 24.0 Å². The largest absolute Gasteiger partial charge is 0.383 e. The molecule has 0 aliphatic carbocycles. The Kier molecular flexibility index (Phi) is 14.9. The Morgan fingerprint density at radius 1 is 1.33 bits per heavy atom. The van der Waals surface area contributed by atoms with Gasteiger partial charge in [0.25, 0.3) is 0 Å². The molecule has 0 spiro atoms. The molecule has 0 bridgehead atoms. The molecular formula is C12H28IN3O4S. The van der Waals surface area contributed by atoms with Crippen molar-refractivity contribution >= 4 is 39.8 Å². The molecule has 0 aromatic carbocycles. The summed E-state index contributed by atoms with van der Waals surface area (Å²) in [6, 6.07) is 0.156. The Morgan fingerprint density at radius 3 is 2.52 bits per heavy atom. The van der Waals surface area contributed by atoms with Gasteiger partial charge in [0.2, 0.25) is 0 Å². The first-order chi connectivity index (χ1) is 9.39. The predicted molar refractivity (Wildman–Crippen MR) is 96.4 cm³/mol. The number of aliphatic imine (C=N–C) groups is 1. The van der Waals surface area contributed by atoms with E-state index in [0.717, 1.165) is 6.54 Å². The van der Waals surface area contributed by atoms with Crippen LogP contribution in [-0.2, 0) is 19.3 Å². The van der Waals surface area contributed by atoms with E-state index in [1.165, 1.54) is 6.26 Å². The first-order valence-electron chi connectivity index (χ1n) is 6.68.